The minimum absolute atomic E-state index is 0.121. The molecule has 1 aromatic carbocycles. The summed E-state index contributed by atoms with van der Waals surface area (Å²) in [5.74, 6) is 0. The Morgan fingerprint density at radius 1 is 1.23 bits per heavy atom. The molecule has 13 heavy (non-hydrogen) atoms. The van der Waals surface area contributed by atoms with Gasteiger partial charge in [-0.3, -0.25) is 0 Å². The molecule has 1 aromatic rings. The number of hydrogen-bond acceptors (Lipinski definition) is 3. The second-order valence-corrected chi connectivity index (χ2v) is 3.09. The van der Waals surface area contributed by atoms with Gasteiger partial charge in [-0.2, -0.15) is 0 Å². The molecule has 0 amide bonds. The van der Waals surface area contributed by atoms with Crippen molar-refractivity contribution in [2.45, 2.75) is 18.9 Å². The van der Waals surface area contributed by atoms with Crippen molar-refractivity contribution < 1.29 is 14.8 Å². The molecule has 0 aromatic heterocycles. The second-order valence-electron chi connectivity index (χ2n) is 3.09. The Morgan fingerprint density at radius 2 is 2.08 bits per heavy atom. The molecule has 0 aliphatic carbocycles. The molecule has 1 fully saturated rings. The molecular formula is C10H12O3. The van der Waals surface area contributed by atoms with Gasteiger partial charge in [-0.1, -0.05) is 35.4 Å². The molecule has 1 heterocycles. The molecule has 1 aliphatic heterocycles. The van der Waals surface area contributed by atoms with Gasteiger partial charge in [-0.05, 0) is 5.56 Å². The summed E-state index contributed by atoms with van der Waals surface area (Å²) in [7, 11) is 0. The fraction of sp³-hybridized carbons (Fsp3) is 0.400. The summed E-state index contributed by atoms with van der Waals surface area (Å²) in [4.78, 5) is 9.57. The van der Waals surface area contributed by atoms with Crippen LogP contribution in [-0.4, -0.2) is 12.7 Å². The van der Waals surface area contributed by atoms with Crippen LogP contribution in [0, 0.1) is 0 Å². The van der Waals surface area contributed by atoms with E-state index in [2.05, 4.69) is 22.1 Å². The van der Waals surface area contributed by atoms with Crippen LogP contribution in [0.1, 0.15) is 12.0 Å². The molecule has 0 bridgehead atoms. The smallest absolute Gasteiger partial charge is 0.102 e. The average molecular weight is 180 g/mol. The fourth-order valence-corrected chi connectivity index (χ4v) is 1.36. The lowest BCUT2D eigenvalue weighted by Gasteiger charge is -2.19. The summed E-state index contributed by atoms with van der Waals surface area (Å²) in [5.41, 5.74) is 1.26. The molecular weight excluding hydrogens is 168 g/mol. The van der Waals surface area contributed by atoms with Gasteiger partial charge in [-0.15, -0.1) is 0 Å². The first-order valence-electron chi connectivity index (χ1n) is 4.44. The summed E-state index contributed by atoms with van der Waals surface area (Å²) in [6.45, 7) is 0.609. The van der Waals surface area contributed by atoms with E-state index in [0.717, 1.165) is 12.8 Å². The van der Waals surface area contributed by atoms with Gasteiger partial charge in [0.25, 0.3) is 0 Å². The van der Waals surface area contributed by atoms with Crippen LogP contribution in [0.25, 0.3) is 0 Å². The van der Waals surface area contributed by atoms with Gasteiger partial charge in [0.05, 0.1) is 6.61 Å². The van der Waals surface area contributed by atoms with Crippen molar-refractivity contribution >= 4 is 0 Å². The first-order chi connectivity index (χ1) is 6.45. The normalized spacial score (nSPS) is 22.9. The molecule has 1 saturated heterocycles. The van der Waals surface area contributed by atoms with E-state index in [1.165, 1.54) is 5.56 Å². The van der Waals surface area contributed by atoms with Crippen molar-refractivity contribution in [1.82, 2.24) is 0 Å². The van der Waals surface area contributed by atoms with E-state index in [1.54, 1.807) is 0 Å². The van der Waals surface area contributed by atoms with Gasteiger partial charge in [0.15, 0.2) is 0 Å². The van der Waals surface area contributed by atoms with Crippen LogP contribution >= 0.6 is 0 Å². The summed E-state index contributed by atoms with van der Waals surface area (Å²) < 4.78 is 0. The maximum absolute atomic E-state index is 4.96. The lowest BCUT2D eigenvalue weighted by molar-refractivity contribution is -0.548. The predicted molar refractivity (Wildman–Crippen MR) is 46.7 cm³/mol. The van der Waals surface area contributed by atoms with Gasteiger partial charge in [0, 0.05) is 12.8 Å². The van der Waals surface area contributed by atoms with E-state index in [-0.39, 0.29) is 6.10 Å². The highest BCUT2D eigenvalue weighted by Crippen LogP contribution is 2.13. The standard InChI is InChI=1S/C10H12O3/c1-2-4-9(5-3-1)8-10-6-7-11-13-12-10/h1-5,10H,6-8H2. The second kappa shape index (κ2) is 4.37. The molecule has 0 N–H and O–H groups in total. The Labute approximate surface area is 77.1 Å². The molecule has 3 nitrogen and oxygen atoms in total. The molecule has 1 atom stereocenters. The lowest BCUT2D eigenvalue weighted by atomic mass is 10.1. The third-order valence-corrected chi connectivity index (χ3v) is 2.05. The van der Waals surface area contributed by atoms with Gasteiger partial charge in [0.2, 0.25) is 0 Å². The van der Waals surface area contributed by atoms with Crippen molar-refractivity contribution in [3.63, 3.8) is 0 Å². The summed E-state index contributed by atoms with van der Waals surface area (Å²) >= 11 is 0. The highest BCUT2D eigenvalue weighted by atomic mass is 17.5. The average Bonchev–Trinajstić information content (AvgIpc) is 2.21. The van der Waals surface area contributed by atoms with E-state index in [1.807, 2.05) is 18.2 Å². The molecule has 1 unspecified atom stereocenters. The van der Waals surface area contributed by atoms with E-state index >= 15 is 0 Å². The van der Waals surface area contributed by atoms with Crippen LogP contribution in [0.4, 0.5) is 0 Å². The third kappa shape index (κ3) is 2.52. The molecule has 3 heteroatoms. The first kappa shape index (κ1) is 8.69. The fourth-order valence-electron chi connectivity index (χ4n) is 1.36. The maximum atomic E-state index is 4.96. The van der Waals surface area contributed by atoms with Crippen molar-refractivity contribution in [2.24, 2.45) is 0 Å². The quantitative estimate of drug-likeness (QED) is 0.650. The Balaban J connectivity index is 1.90. The van der Waals surface area contributed by atoms with Crippen LogP contribution in [0.15, 0.2) is 30.3 Å². The predicted octanol–water partition coefficient (Wildman–Crippen LogP) is 1.88. The molecule has 1 aliphatic rings. The number of hydrogen-bond donors (Lipinski definition) is 0. The third-order valence-electron chi connectivity index (χ3n) is 2.05. The minimum atomic E-state index is 0.121. The summed E-state index contributed by atoms with van der Waals surface area (Å²) in [5, 5.41) is 4.45. The van der Waals surface area contributed by atoms with E-state index in [9.17, 15) is 0 Å². The Bertz CT molecular complexity index is 242. The molecule has 0 saturated carbocycles. The van der Waals surface area contributed by atoms with Crippen molar-refractivity contribution in [2.75, 3.05) is 6.61 Å². The van der Waals surface area contributed by atoms with E-state index in [4.69, 9.17) is 4.89 Å². The summed E-state index contributed by atoms with van der Waals surface area (Å²) in [6.07, 6.45) is 1.88. The van der Waals surface area contributed by atoms with E-state index < -0.39 is 0 Å². The van der Waals surface area contributed by atoms with Gasteiger partial charge < -0.3 is 0 Å². The minimum Gasteiger partial charge on any atom is -0.206 e. The molecule has 0 spiro atoms. The zero-order valence-corrected chi connectivity index (χ0v) is 7.31. The Morgan fingerprint density at radius 3 is 2.77 bits per heavy atom. The lowest BCUT2D eigenvalue weighted by Crippen LogP contribution is -2.24. The first-order valence-corrected chi connectivity index (χ1v) is 4.44. The van der Waals surface area contributed by atoms with E-state index in [0.29, 0.717) is 6.61 Å². The topological polar surface area (TPSA) is 27.7 Å². The van der Waals surface area contributed by atoms with Crippen LogP contribution in [0.5, 0.6) is 0 Å². The highest BCUT2D eigenvalue weighted by molar-refractivity contribution is 5.15. The Hall–Kier alpha value is -0.900. The van der Waals surface area contributed by atoms with Gasteiger partial charge in [-0.25, -0.2) is 9.78 Å². The number of rotatable bonds is 2. The number of benzene rings is 1. The van der Waals surface area contributed by atoms with Gasteiger partial charge in [0.1, 0.15) is 6.10 Å². The SMILES string of the molecule is c1ccc(CC2CCOOO2)cc1. The maximum Gasteiger partial charge on any atom is 0.102 e. The van der Waals surface area contributed by atoms with Gasteiger partial charge >= 0.3 is 0 Å². The van der Waals surface area contributed by atoms with Crippen LogP contribution in [0.2, 0.25) is 0 Å². The van der Waals surface area contributed by atoms with Crippen LogP contribution in [-0.2, 0) is 21.2 Å². The van der Waals surface area contributed by atoms with Crippen LogP contribution < -0.4 is 0 Å². The van der Waals surface area contributed by atoms with Crippen LogP contribution in [0.3, 0.4) is 0 Å². The van der Waals surface area contributed by atoms with Crippen molar-refractivity contribution in [1.29, 1.82) is 0 Å². The molecule has 0 radical (unpaired) electrons. The zero-order valence-electron chi connectivity index (χ0n) is 7.31. The largest absolute Gasteiger partial charge is 0.206 e. The Kier molecular flexibility index (Phi) is 2.92. The zero-order chi connectivity index (χ0) is 8.93. The van der Waals surface area contributed by atoms with Crippen molar-refractivity contribution in [3.8, 4) is 0 Å². The monoisotopic (exact) mass is 180 g/mol. The van der Waals surface area contributed by atoms with Crippen molar-refractivity contribution in [3.05, 3.63) is 35.9 Å². The highest BCUT2D eigenvalue weighted by Gasteiger charge is 2.16. The summed E-state index contributed by atoms with van der Waals surface area (Å²) in [6, 6.07) is 10.2. The molecule has 70 valence electrons. The molecule has 2 rings (SSSR count).